The van der Waals surface area contributed by atoms with E-state index in [4.69, 9.17) is 11.6 Å². The van der Waals surface area contributed by atoms with Crippen LogP contribution in [0.3, 0.4) is 0 Å². The van der Waals surface area contributed by atoms with E-state index < -0.39 is 28.6 Å². The summed E-state index contributed by atoms with van der Waals surface area (Å²) in [5.74, 6) is -1.05. The summed E-state index contributed by atoms with van der Waals surface area (Å²) < 4.78 is 39.9. The second kappa shape index (κ2) is 8.92. The number of aromatic nitrogens is 1. The van der Waals surface area contributed by atoms with Gasteiger partial charge in [0.25, 0.3) is 5.56 Å². The Morgan fingerprint density at radius 3 is 2.57 bits per heavy atom. The number of hydrogen-bond acceptors (Lipinski definition) is 3. The molecular weight excluding hydrogens is 399 g/mol. The third kappa shape index (κ3) is 5.85. The van der Waals surface area contributed by atoms with Gasteiger partial charge in [0.2, 0.25) is 11.8 Å². The summed E-state index contributed by atoms with van der Waals surface area (Å²) in [5.41, 5.74) is -1.40. The molecule has 0 aliphatic rings. The number of rotatable bonds is 6. The Hall–Kier alpha value is -2.81. The smallest absolute Gasteiger partial charge is 0.336 e. The van der Waals surface area contributed by atoms with Crippen molar-refractivity contribution in [1.82, 2.24) is 9.47 Å². The molecule has 0 aliphatic carbocycles. The molecule has 0 atom stereocenters. The van der Waals surface area contributed by atoms with Gasteiger partial charge in [0.05, 0.1) is 17.1 Å². The molecular formula is C18H17ClF3N3O3. The van der Waals surface area contributed by atoms with Crippen LogP contribution in [0.2, 0.25) is 5.02 Å². The minimum Gasteiger partial charge on any atom is -0.336 e. The highest BCUT2D eigenvalue weighted by atomic mass is 35.5. The van der Waals surface area contributed by atoms with Crippen LogP contribution in [0.5, 0.6) is 0 Å². The van der Waals surface area contributed by atoms with Crippen molar-refractivity contribution in [2.75, 3.05) is 18.9 Å². The van der Waals surface area contributed by atoms with Crippen LogP contribution < -0.4 is 10.9 Å². The van der Waals surface area contributed by atoms with Crippen LogP contribution >= 0.6 is 11.6 Å². The minimum absolute atomic E-state index is 0.00708. The fourth-order valence-corrected chi connectivity index (χ4v) is 2.60. The number of hydrogen-bond donors (Lipinski definition) is 1. The lowest BCUT2D eigenvalue weighted by atomic mass is 10.2. The van der Waals surface area contributed by atoms with Crippen LogP contribution in [0.1, 0.15) is 12.0 Å². The van der Waals surface area contributed by atoms with Crippen LogP contribution in [0.15, 0.2) is 47.4 Å². The normalized spacial score (nSPS) is 11.2. The number of amides is 2. The molecule has 10 heteroatoms. The zero-order valence-corrected chi connectivity index (χ0v) is 15.5. The number of benzene rings is 1. The Morgan fingerprint density at radius 2 is 1.93 bits per heavy atom. The Labute approximate surface area is 163 Å². The Balaban J connectivity index is 1.92. The molecule has 0 spiro atoms. The summed E-state index contributed by atoms with van der Waals surface area (Å²) in [6, 6.07) is 7.60. The number of alkyl halides is 3. The SMILES string of the molecule is CN(CC(=O)Nc1ccc(Cl)c(C(F)(F)F)c1)C(=O)CCn1ccccc1=O. The lowest BCUT2D eigenvalue weighted by Gasteiger charge is -2.17. The molecule has 1 N–H and O–H groups in total. The van der Waals surface area contributed by atoms with Gasteiger partial charge in [-0.2, -0.15) is 13.2 Å². The lowest BCUT2D eigenvalue weighted by Crippen LogP contribution is -2.35. The van der Waals surface area contributed by atoms with E-state index in [1.165, 1.54) is 23.7 Å². The first kappa shape index (κ1) is 21.5. The second-order valence-corrected chi connectivity index (χ2v) is 6.38. The molecule has 2 aromatic rings. The number of carbonyl (C=O) groups excluding carboxylic acids is 2. The van der Waals surface area contributed by atoms with Crippen LogP contribution in [0.4, 0.5) is 18.9 Å². The quantitative estimate of drug-likeness (QED) is 0.788. The predicted octanol–water partition coefficient (Wildman–Crippen LogP) is 3.01. The van der Waals surface area contributed by atoms with Gasteiger partial charge >= 0.3 is 6.18 Å². The molecule has 0 fully saturated rings. The van der Waals surface area contributed by atoms with Gasteiger partial charge in [-0.3, -0.25) is 14.4 Å². The number of anilines is 1. The van der Waals surface area contributed by atoms with E-state index in [-0.39, 0.29) is 30.8 Å². The number of carbonyl (C=O) groups is 2. The molecule has 2 amide bonds. The average molecular weight is 416 g/mol. The van der Waals surface area contributed by atoms with Gasteiger partial charge in [0, 0.05) is 38.0 Å². The van der Waals surface area contributed by atoms with Gasteiger partial charge in [-0.15, -0.1) is 0 Å². The van der Waals surface area contributed by atoms with Crippen LogP contribution in [-0.4, -0.2) is 34.9 Å². The monoisotopic (exact) mass is 415 g/mol. The summed E-state index contributed by atoms with van der Waals surface area (Å²) in [6.07, 6.45) is -3.12. The molecule has 0 saturated carbocycles. The van der Waals surface area contributed by atoms with Crippen LogP contribution in [0.25, 0.3) is 0 Å². The fourth-order valence-electron chi connectivity index (χ4n) is 2.38. The first-order chi connectivity index (χ1) is 13.1. The van der Waals surface area contributed by atoms with Crippen molar-refractivity contribution in [3.63, 3.8) is 0 Å². The molecule has 1 heterocycles. The Kier molecular flexibility index (Phi) is 6.85. The fraction of sp³-hybridized carbons (Fsp3) is 0.278. The lowest BCUT2D eigenvalue weighted by molar-refractivity contribution is -0.137. The molecule has 1 aromatic heterocycles. The molecule has 0 saturated heterocycles. The molecule has 0 aliphatic heterocycles. The molecule has 2 rings (SSSR count). The van der Waals surface area contributed by atoms with Gasteiger partial charge in [-0.25, -0.2) is 0 Å². The minimum atomic E-state index is -4.65. The van der Waals surface area contributed by atoms with Crippen LogP contribution in [0, 0.1) is 0 Å². The molecule has 0 unspecified atom stereocenters. The number of pyridine rings is 1. The van der Waals surface area contributed by atoms with Crippen LogP contribution in [-0.2, 0) is 22.3 Å². The van der Waals surface area contributed by atoms with E-state index in [9.17, 15) is 27.6 Å². The molecule has 6 nitrogen and oxygen atoms in total. The van der Waals surface area contributed by atoms with Crippen molar-refractivity contribution in [3.8, 4) is 0 Å². The number of likely N-dealkylation sites (N-methyl/N-ethyl adjacent to an activating group) is 1. The number of nitrogens with one attached hydrogen (secondary N) is 1. The van der Waals surface area contributed by atoms with E-state index in [2.05, 4.69) is 5.32 Å². The summed E-state index contributed by atoms with van der Waals surface area (Å²) in [5, 5.41) is 1.83. The van der Waals surface area contributed by atoms with E-state index in [0.29, 0.717) is 0 Å². The third-order valence-electron chi connectivity index (χ3n) is 3.83. The van der Waals surface area contributed by atoms with E-state index >= 15 is 0 Å². The number of nitrogens with zero attached hydrogens (tertiary/aromatic N) is 2. The van der Waals surface area contributed by atoms with E-state index in [0.717, 1.165) is 17.0 Å². The average Bonchev–Trinajstić information content (AvgIpc) is 2.61. The number of aryl methyl sites for hydroxylation is 1. The molecule has 150 valence electrons. The van der Waals surface area contributed by atoms with Crippen molar-refractivity contribution in [2.24, 2.45) is 0 Å². The highest BCUT2D eigenvalue weighted by Crippen LogP contribution is 2.36. The Bertz CT molecular complexity index is 928. The first-order valence-corrected chi connectivity index (χ1v) is 8.52. The maximum atomic E-state index is 12.9. The van der Waals surface area contributed by atoms with E-state index in [1.54, 1.807) is 18.3 Å². The van der Waals surface area contributed by atoms with Crippen molar-refractivity contribution in [1.29, 1.82) is 0 Å². The zero-order valence-electron chi connectivity index (χ0n) is 14.8. The van der Waals surface area contributed by atoms with Gasteiger partial charge in [-0.05, 0) is 24.3 Å². The van der Waals surface area contributed by atoms with Crippen molar-refractivity contribution in [2.45, 2.75) is 19.1 Å². The van der Waals surface area contributed by atoms with Crippen molar-refractivity contribution in [3.05, 3.63) is 63.5 Å². The maximum Gasteiger partial charge on any atom is 0.417 e. The predicted molar refractivity (Wildman–Crippen MR) is 98.0 cm³/mol. The van der Waals surface area contributed by atoms with Crippen molar-refractivity contribution < 1.29 is 22.8 Å². The second-order valence-electron chi connectivity index (χ2n) is 5.97. The van der Waals surface area contributed by atoms with Gasteiger partial charge in [0.15, 0.2) is 0 Å². The molecule has 0 bridgehead atoms. The van der Waals surface area contributed by atoms with Gasteiger partial charge in [0.1, 0.15) is 0 Å². The Morgan fingerprint density at radius 1 is 1.21 bits per heavy atom. The zero-order chi connectivity index (χ0) is 20.9. The third-order valence-corrected chi connectivity index (χ3v) is 4.16. The summed E-state index contributed by atoms with van der Waals surface area (Å²) in [6.45, 7) is -0.205. The largest absolute Gasteiger partial charge is 0.417 e. The highest BCUT2D eigenvalue weighted by molar-refractivity contribution is 6.31. The maximum absolute atomic E-state index is 12.9. The van der Waals surface area contributed by atoms with Crippen molar-refractivity contribution >= 4 is 29.1 Å². The topological polar surface area (TPSA) is 71.4 Å². The highest BCUT2D eigenvalue weighted by Gasteiger charge is 2.33. The van der Waals surface area contributed by atoms with E-state index in [1.807, 2.05) is 0 Å². The summed E-state index contributed by atoms with van der Waals surface area (Å²) >= 11 is 5.53. The summed E-state index contributed by atoms with van der Waals surface area (Å²) in [7, 11) is 1.39. The molecule has 0 radical (unpaired) electrons. The standard InChI is InChI=1S/C18H17ClF3N3O3/c1-24(16(27)7-9-25-8-3-2-4-17(25)28)11-15(26)23-12-5-6-14(19)13(10-12)18(20,21)22/h2-6,8,10H,7,9,11H2,1H3,(H,23,26). The number of halogens is 4. The van der Waals surface area contributed by atoms with Gasteiger partial charge < -0.3 is 14.8 Å². The molecule has 1 aromatic carbocycles. The first-order valence-electron chi connectivity index (χ1n) is 8.14. The summed E-state index contributed by atoms with van der Waals surface area (Å²) in [4.78, 5) is 36.9. The molecule has 28 heavy (non-hydrogen) atoms. The van der Waals surface area contributed by atoms with Gasteiger partial charge in [-0.1, -0.05) is 17.7 Å².